The Morgan fingerprint density at radius 2 is 1.88 bits per heavy atom. The minimum absolute atomic E-state index is 0.00532. The van der Waals surface area contributed by atoms with Crippen LogP contribution in [0, 0.1) is 0 Å². The van der Waals surface area contributed by atoms with Gasteiger partial charge >= 0.3 is 0 Å². The molecule has 0 saturated carbocycles. The van der Waals surface area contributed by atoms with Crippen molar-refractivity contribution in [3.05, 3.63) is 77.9 Å². The highest BCUT2D eigenvalue weighted by Crippen LogP contribution is 2.29. The second-order valence-electron chi connectivity index (χ2n) is 7.79. The van der Waals surface area contributed by atoms with Crippen molar-refractivity contribution in [3.63, 3.8) is 0 Å². The molecule has 0 atom stereocenters. The molecule has 0 spiro atoms. The van der Waals surface area contributed by atoms with Crippen LogP contribution in [0.25, 0.3) is 22.5 Å². The lowest BCUT2D eigenvalue weighted by molar-refractivity contribution is 0.0969. The molecular weight excluding hydrogens is 414 g/mol. The molecule has 2 aromatic carbocycles. The van der Waals surface area contributed by atoms with Gasteiger partial charge in [0.05, 0.1) is 6.54 Å². The van der Waals surface area contributed by atoms with Gasteiger partial charge in [0.2, 0.25) is 17.4 Å². The maximum absolute atomic E-state index is 12.5. The number of benzene rings is 2. The summed E-state index contributed by atoms with van der Waals surface area (Å²) in [5.41, 5.74) is 4.08. The third-order valence-electron chi connectivity index (χ3n) is 5.40. The molecule has 0 aliphatic carbocycles. The fourth-order valence-corrected chi connectivity index (χ4v) is 3.61. The summed E-state index contributed by atoms with van der Waals surface area (Å²) in [7, 11) is 0. The number of unbranched alkanes of at least 4 members (excludes halogenated alkanes) is 1. The van der Waals surface area contributed by atoms with Gasteiger partial charge in [-0.3, -0.25) is 4.79 Å². The topological polar surface area (TPSA) is 102 Å². The van der Waals surface area contributed by atoms with Gasteiger partial charge in [-0.15, -0.1) is 15.3 Å². The van der Waals surface area contributed by atoms with Crippen LogP contribution in [-0.4, -0.2) is 41.2 Å². The summed E-state index contributed by atoms with van der Waals surface area (Å²) >= 11 is 0. The lowest BCUT2D eigenvalue weighted by atomic mass is 9.98. The number of nitrogens with zero attached hydrogens (tertiary/aromatic N) is 6. The van der Waals surface area contributed by atoms with Crippen LogP contribution in [-0.2, 0) is 13.0 Å². The number of carbonyl (C=O) groups is 1. The van der Waals surface area contributed by atoms with Crippen LogP contribution in [0.5, 0.6) is 0 Å². The first-order chi connectivity index (χ1) is 16.2. The molecule has 0 aliphatic heterocycles. The number of carbonyl (C=O) groups excluding carboxylic acids is 1. The van der Waals surface area contributed by atoms with E-state index in [1.807, 2.05) is 48.0 Å². The summed E-state index contributed by atoms with van der Waals surface area (Å²) < 4.78 is 1.83. The van der Waals surface area contributed by atoms with Crippen LogP contribution in [0.15, 0.2) is 60.7 Å². The number of ketones is 1. The highest BCUT2D eigenvalue weighted by molar-refractivity contribution is 5.92. The molecular formula is C25H27N7O. The van der Waals surface area contributed by atoms with Crippen molar-refractivity contribution in [2.24, 2.45) is 0 Å². The predicted octanol–water partition coefficient (Wildman–Crippen LogP) is 4.67. The maximum Gasteiger partial charge on any atom is 0.217 e. The van der Waals surface area contributed by atoms with E-state index in [2.05, 4.69) is 61.9 Å². The predicted molar refractivity (Wildman–Crippen MR) is 127 cm³/mol. The van der Waals surface area contributed by atoms with Crippen molar-refractivity contribution in [1.82, 2.24) is 35.4 Å². The Hall–Kier alpha value is -3.94. The fraction of sp³-hybridized carbons (Fsp3) is 0.280. The number of allylic oxidation sites excluding steroid dienone is 2. The van der Waals surface area contributed by atoms with Crippen molar-refractivity contribution in [3.8, 4) is 22.5 Å². The number of Topliss-reactive ketones (excluding diaryl/α,β-unsaturated/α-hetero) is 1. The van der Waals surface area contributed by atoms with Gasteiger partial charge in [0.15, 0.2) is 0 Å². The quantitative estimate of drug-likeness (QED) is 0.283. The first-order valence-corrected chi connectivity index (χ1v) is 11.2. The maximum atomic E-state index is 12.5. The van der Waals surface area contributed by atoms with E-state index < -0.39 is 0 Å². The van der Waals surface area contributed by atoms with Gasteiger partial charge in [0, 0.05) is 18.4 Å². The molecule has 168 valence electrons. The van der Waals surface area contributed by atoms with Gasteiger partial charge < -0.3 is 0 Å². The zero-order chi connectivity index (χ0) is 23.0. The highest BCUT2D eigenvalue weighted by atomic mass is 16.1. The Balaban J connectivity index is 1.57. The van der Waals surface area contributed by atoms with Gasteiger partial charge in [-0.05, 0) is 35.2 Å². The van der Waals surface area contributed by atoms with Gasteiger partial charge in [-0.2, -0.15) is 5.21 Å². The summed E-state index contributed by atoms with van der Waals surface area (Å²) in [5, 5.41) is 19.0. The number of nitrogens with one attached hydrogen (secondary N) is 1. The van der Waals surface area contributed by atoms with Crippen LogP contribution in [0.2, 0.25) is 0 Å². The first kappa shape index (κ1) is 22.3. The number of aromatic amines is 1. The smallest absolute Gasteiger partial charge is 0.217 e. The monoisotopic (exact) mass is 441 g/mol. The van der Waals surface area contributed by atoms with Crippen molar-refractivity contribution in [2.75, 3.05) is 0 Å². The van der Waals surface area contributed by atoms with E-state index in [1.54, 1.807) is 0 Å². The Morgan fingerprint density at radius 1 is 1.09 bits per heavy atom. The minimum atomic E-state index is 0.00532. The van der Waals surface area contributed by atoms with E-state index in [-0.39, 0.29) is 5.78 Å². The molecule has 0 amide bonds. The molecule has 0 radical (unpaired) electrons. The molecule has 0 unspecified atom stereocenters. The third-order valence-corrected chi connectivity index (χ3v) is 5.40. The molecule has 2 heterocycles. The molecule has 1 N–H and O–H groups in total. The largest absolute Gasteiger partial charge is 0.291 e. The van der Waals surface area contributed by atoms with E-state index in [9.17, 15) is 4.79 Å². The van der Waals surface area contributed by atoms with E-state index >= 15 is 0 Å². The lowest BCUT2D eigenvalue weighted by Crippen LogP contribution is -2.07. The Kier molecular flexibility index (Phi) is 7.14. The van der Waals surface area contributed by atoms with Crippen molar-refractivity contribution < 1.29 is 4.79 Å². The SMILES string of the molecule is C/C=C/Cc1nc(C(=O)CCCC)nn1Cc1ccc(-c2ccccc2-c2nn[nH]n2)cc1. The molecule has 0 fully saturated rings. The van der Waals surface area contributed by atoms with Crippen molar-refractivity contribution in [2.45, 2.75) is 46.1 Å². The van der Waals surface area contributed by atoms with Gasteiger partial charge in [-0.1, -0.05) is 74.0 Å². The number of hydrogen-bond acceptors (Lipinski definition) is 6. The fourth-order valence-electron chi connectivity index (χ4n) is 3.61. The summed E-state index contributed by atoms with van der Waals surface area (Å²) in [5.74, 6) is 1.67. The van der Waals surface area contributed by atoms with E-state index in [1.165, 1.54) is 0 Å². The number of H-pyrrole nitrogens is 1. The molecule has 4 rings (SSSR count). The number of tetrazole rings is 1. The van der Waals surface area contributed by atoms with Crippen LogP contribution in [0.4, 0.5) is 0 Å². The van der Waals surface area contributed by atoms with Gasteiger partial charge in [0.25, 0.3) is 0 Å². The van der Waals surface area contributed by atoms with Crippen LogP contribution in [0.3, 0.4) is 0 Å². The molecule has 0 bridgehead atoms. The second kappa shape index (κ2) is 10.6. The van der Waals surface area contributed by atoms with E-state index in [4.69, 9.17) is 0 Å². The molecule has 0 aliphatic rings. The Bertz CT molecular complexity index is 1220. The highest BCUT2D eigenvalue weighted by Gasteiger charge is 2.16. The van der Waals surface area contributed by atoms with Crippen molar-refractivity contribution in [1.29, 1.82) is 0 Å². The summed E-state index contributed by atoms with van der Waals surface area (Å²) in [4.78, 5) is 17.0. The standard InChI is InChI=1S/C25H27N7O/c1-3-5-11-22(33)25-26-23(12-6-4-2)32(29-25)17-18-13-15-19(16-14-18)20-9-7-8-10-21(20)24-27-30-31-28-24/h4,6-10,13-16H,3,5,11-12,17H2,1-2H3,(H,27,28,30,31)/b6-4+. The van der Waals surface area contributed by atoms with Crippen LogP contribution < -0.4 is 0 Å². The summed E-state index contributed by atoms with van der Waals surface area (Å²) in [6, 6.07) is 16.3. The van der Waals surface area contributed by atoms with Gasteiger partial charge in [0.1, 0.15) is 5.82 Å². The van der Waals surface area contributed by atoms with Crippen molar-refractivity contribution >= 4 is 5.78 Å². The summed E-state index contributed by atoms with van der Waals surface area (Å²) in [6.45, 7) is 4.59. The second-order valence-corrected chi connectivity index (χ2v) is 7.79. The van der Waals surface area contributed by atoms with Crippen LogP contribution >= 0.6 is 0 Å². The Morgan fingerprint density at radius 3 is 2.58 bits per heavy atom. The zero-order valence-electron chi connectivity index (χ0n) is 18.9. The van der Waals surface area contributed by atoms with E-state index in [0.717, 1.165) is 40.9 Å². The molecule has 8 nitrogen and oxygen atoms in total. The first-order valence-electron chi connectivity index (χ1n) is 11.2. The summed E-state index contributed by atoms with van der Waals surface area (Å²) in [6.07, 6.45) is 6.95. The van der Waals surface area contributed by atoms with Gasteiger partial charge in [-0.25, -0.2) is 9.67 Å². The number of hydrogen-bond donors (Lipinski definition) is 1. The Labute approximate surface area is 192 Å². The third kappa shape index (κ3) is 5.28. The number of aromatic nitrogens is 7. The van der Waals surface area contributed by atoms with Crippen LogP contribution in [0.1, 0.15) is 55.1 Å². The molecule has 2 aromatic heterocycles. The molecule has 33 heavy (non-hydrogen) atoms. The van der Waals surface area contributed by atoms with E-state index in [0.29, 0.717) is 31.0 Å². The molecule has 4 aromatic rings. The number of rotatable bonds is 10. The average Bonchev–Trinajstić information content (AvgIpc) is 3.52. The zero-order valence-corrected chi connectivity index (χ0v) is 18.9. The minimum Gasteiger partial charge on any atom is -0.291 e. The normalized spacial score (nSPS) is 11.3. The lowest BCUT2D eigenvalue weighted by Gasteiger charge is -2.09. The molecule has 0 saturated heterocycles. The average molecular weight is 442 g/mol. The molecule has 8 heteroatoms.